The van der Waals surface area contributed by atoms with Crippen LogP contribution in [0.4, 0.5) is 13.2 Å². The van der Waals surface area contributed by atoms with Crippen LogP contribution in [0, 0.1) is 0 Å². The summed E-state index contributed by atoms with van der Waals surface area (Å²) in [5.74, 6) is 0.881. The molecule has 6 heteroatoms. The third kappa shape index (κ3) is 2.72. The van der Waals surface area contributed by atoms with E-state index in [-0.39, 0.29) is 5.52 Å². The van der Waals surface area contributed by atoms with Gasteiger partial charge in [-0.3, -0.25) is 0 Å². The maximum Gasteiger partial charge on any atom is 0.416 e. The molecule has 2 rings (SSSR count). The average Bonchev–Trinajstić information content (AvgIpc) is 2.66. The lowest BCUT2D eigenvalue weighted by Crippen LogP contribution is -2.03. The number of halogens is 4. The summed E-state index contributed by atoms with van der Waals surface area (Å²) in [5.41, 5.74) is -0.130. The highest BCUT2D eigenvalue weighted by Gasteiger charge is 2.30. The predicted molar refractivity (Wildman–Crippen MR) is 58.1 cm³/mol. The fourth-order valence-electron chi connectivity index (χ4n) is 1.48. The third-order valence-electron chi connectivity index (χ3n) is 2.28. The Morgan fingerprint density at radius 2 is 2.06 bits per heavy atom. The maximum atomic E-state index is 12.4. The number of aryl methyl sites for hydroxylation is 1. The molecule has 0 saturated heterocycles. The standard InChI is InChI=1S/C11H9ClF3NO/c12-5-1-2-10-16-8-6-7(11(13,14)15)3-4-9(8)17-10/h3-4,6H,1-2,5H2. The van der Waals surface area contributed by atoms with Gasteiger partial charge < -0.3 is 4.42 Å². The second kappa shape index (κ2) is 4.56. The van der Waals surface area contributed by atoms with E-state index in [0.29, 0.717) is 30.2 Å². The van der Waals surface area contributed by atoms with Crippen LogP contribution in [-0.2, 0) is 12.6 Å². The molecule has 0 radical (unpaired) electrons. The van der Waals surface area contributed by atoms with E-state index in [9.17, 15) is 13.2 Å². The number of rotatable bonds is 3. The summed E-state index contributed by atoms with van der Waals surface area (Å²) >= 11 is 5.52. The molecular formula is C11H9ClF3NO. The van der Waals surface area contributed by atoms with Gasteiger partial charge >= 0.3 is 6.18 Å². The van der Waals surface area contributed by atoms with Crippen molar-refractivity contribution >= 4 is 22.7 Å². The van der Waals surface area contributed by atoms with Crippen LogP contribution in [0.3, 0.4) is 0 Å². The van der Waals surface area contributed by atoms with E-state index in [1.807, 2.05) is 0 Å². The first-order valence-electron chi connectivity index (χ1n) is 5.03. The van der Waals surface area contributed by atoms with Crippen molar-refractivity contribution in [3.63, 3.8) is 0 Å². The van der Waals surface area contributed by atoms with Gasteiger partial charge in [-0.2, -0.15) is 13.2 Å². The molecule has 0 N–H and O–H groups in total. The molecule has 0 aliphatic heterocycles. The molecular weight excluding hydrogens is 255 g/mol. The summed E-state index contributed by atoms with van der Waals surface area (Å²) in [6.07, 6.45) is -3.15. The molecule has 0 aliphatic rings. The van der Waals surface area contributed by atoms with E-state index in [0.717, 1.165) is 12.1 Å². The maximum absolute atomic E-state index is 12.4. The van der Waals surface area contributed by atoms with E-state index >= 15 is 0 Å². The number of alkyl halides is 4. The fraction of sp³-hybridized carbons (Fsp3) is 0.364. The lowest BCUT2D eigenvalue weighted by Gasteiger charge is -2.04. The number of hydrogen-bond donors (Lipinski definition) is 0. The van der Waals surface area contributed by atoms with Crippen molar-refractivity contribution in [2.24, 2.45) is 0 Å². The van der Waals surface area contributed by atoms with E-state index < -0.39 is 11.7 Å². The van der Waals surface area contributed by atoms with Crippen LogP contribution in [0.5, 0.6) is 0 Å². The summed E-state index contributed by atoms with van der Waals surface area (Å²) in [6.45, 7) is 0. The first kappa shape index (κ1) is 12.2. The highest BCUT2D eigenvalue weighted by atomic mass is 35.5. The van der Waals surface area contributed by atoms with Crippen molar-refractivity contribution in [1.29, 1.82) is 0 Å². The first-order chi connectivity index (χ1) is 8.00. The molecule has 2 nitrogen and oxygen atoms in total. The minimum atomic E-state index is -4.36. The lowest BCUT2D eigenvalue weighted by atomic mass is 10.2. The Morgan fingerprint density at radius 1 is 1.29 bits per heavy atom. The molecule has 0 aliphatic carbocycles. The minimum absolute atomic E-state index is 0.226. The van der Waals surface area contributed by atoms with Crippen LogP contribution in [0.1, 0.15) is 17.9 Å². The van der Waals surface area contributed by atoms with Gasteiger partial charge in [-0.25, -0.2) is 4.98 Å². The van der Waals surface area contributed by atoms with Gasteiger partial charge in [-0.1, -0.05) is 0 Å². The zero-order chi connectivity index (χ0) is 12.5. The minimum Gasteiger partial charge on any atom is -0.441 e. The van der Waals surface area contributed by atoms with E-state index in [1.54, 1.807) is 0 Å². The van der Waals surface area contributed by atoms with Crippen LogP contribution in [0.15, 0.2) is 22.6 Å². The van der Waals surface area contributed by atoms with Crippen molar-refractivity contribution in [2.75, 3.05) is 5.88 Å². The summed E-state index contributed by atoms with van der Waals surface area (Å²) in [4.78, 5) is 4.00. The van der Waals surface area contributed by atoms with Crippen LogP contribution in [0.2, 0.25) is 0 Å². The number of aromatic nitrogens is 1. The van der Waals surface area contributed by atoms with Crippen molar-refractivity contribution in [3.05, 3.63) is 29.7 Å². The Kier molecular flexibility index (Phi) is 3.28. The second-order valence-electron chi connectivity index (χ2n) is 3.58. The molecule has 0 spiro atoms. The Bertz CT molecular complexity index is 521. The van der Waals surface area contributed by atoms with Crippen molar-refractivity contribution < 1.29 is 17.6 Å². The highest BCUT2D eigenvalue weighted by molar-refractivity contribution is 6.17. The Morgan fingerprint density at radius 3 is 2.71 bits per heavy atom. The van der Waals surface area contributed by atoms with Gasteiger partial charge in [0.15, 0.2) is 11.5 Å². The second-order valence-corrected chi connectivity index (χ2v) is 3.96. The molecule has 0 unspecified atom stereocenters. The monoisotopic (exact) mass is 263 g/mol. The SMILES string of the molecule is FC(F)(F)c1ccc2oc(CCCCl)nc2c1. The topological polar surface area (TPSA) is 26.0 Å². The van der Waals surface area contributed by atoms with Gasteiger partial charge in [-0.05, 0) is 24.6 Å². The van der Waals surface area contributed by atoms with Crippen LogP contribution < -0.4 is 0 Å². The Hall–Kier alpha value is -1.23. The van der Waals surface area contributed by atoms with Crippen molar-refractivity contribution in [1.82, 2.24) is 4.98 Å². The van der Waals surface area contributed by atoms with Gasteiger partial charge in [0, 0.05) is 12.3 Å². The van der Waals surface area contributed by atoms with E-state index in [1.165, 1.54) is 6.07 Å². The molecule has 0 atom stereocenters. The first-order valence-corrected chi connectivity index (χ1v) is 5.57. The predicted octanol–water partition coefficient (Wildman–Crippen LogP) is 4.02. The summed E-state index contributed by atoms with van der Waals surface area (Å²) in [5, 5.41) is 0. The molecule has 1 aromatic carbocycles. The molecule has 0 fully saturated rings. The molecule has 1 aromatic heterocycles. The zero-order valence-electron chi connectivity index (χ0n) is 8.72. The Labute approximate surface area is 100 Å². The number of nitrogens with zero attached hydrogens (tertiary/aromatic N) is 1. The van der Waals surface area contributed by atoms with Gasteiger partial charge in [0.2, 0.25) is 0 Å². The largest absolute Gasteiger partial charge is 0.441 e. The Balaban J connectivity index is 2.34. The molecule has 0 saturated carbocycles. The lowest BCUT2D eigenvalue weighted by molar-refractivity contribution is -0.137. The van der Waals surface area contributed by atoms with E-state index in [4.69, 9.17) is 16.0 Å². The van der Waals surface area contributed by atoms with Gasteiger partial charge in [0.25, 0.3) is 0 Å². The van der Waals surface area contributed by atoms with Crippen LogP contribution in [-0.4, -0.2) is 10.9 Å². The summed E-state index contributed by atoms with van der Waals surface area (Å²) in [7, 11) is 0. The number of hydrogen-bond acceptors (Lipinski definition) is 2. The number of fused-ring (bicyclic) bond motifs is 1. The third-order valence-corrected chi connectivity index (χ3v) is 2.55. The highest BCUT2D eigenvalue weighted by Crippen LogP contribution is 2.31. The van der Waals surface area contributed by atoms with Crippen LogP contribution in [0.25, 0.3) is 11.1 Å². The molecule has 17 heavy (non-hydrogen) atoms. The van der Waals surface area contributed by atoms with Gasteiger partial charge in [0.1, 0.15) is 5.52 Å². The zero-order valence-corrected chi connectivity index (χ0v) is 9.48. The molecule has 0 amide bonds. The molecule has 1 heterocycles. The fourth-order valence-corrected chi connectivity index (χ4v) is 1.61. The van der Waals surface area contributed by atoms with E-state index in [2.05, 4.69) is 4.98 Å². The molecule has 2 aromatic rings. The molecule has 0 bridgehead atoms. The number of benzene rings is 1. The smallest absolute Gasteiger partial charge is 0.416 e. The van der Waals surface area contributed by atoms with Crippen molar-refractivity contribution in [3.8, 4) is 0 Å². The average molecular weight is 264 g/mol. The van der Waals surface area contributed by atoms with Gasteiger partial charge in [-0.15, -0.1) is 11.6 Å². The summed E-state index contributed by atoms with van der Waals surface area (Å²) in [6, 6.07) is 3.26. The normalized spacial score (nSPS) is 12.2. The number of oxazole rings is 1. The van der Waals surface area contributed by atoms with Gasteiger partial charge in [0.05, 0.1) is 5.56 Å². The van der Waals surface area contributed by atoms with Crippen LogP contribution >= 0.6 is 11.6 Å². The summed E-state index contributed by atoms with van der Waals surface area (Å²) < 4.78 is 42.6. The van der Waals surface area contributed by atoms with Crippen molar-refractivity contribution in [2.45, 2.75) is 19.0 Å². The molecule has 92 valence electrons. The quantitative estimate of drug-likeness (QED) is 0.782.